The van der Waals surface area contributed by atoms with Crippen LogP contribution in [0, 0.1) is 17.4 Å². The number of hydrogen-bond donors (Lipinski definition) is 1. The van der Waals surface area contributed by atoms with E-state index in [1.54, 1.807) is 18.2 Å². The number of anilines is 1. The predicted molar refractivity (Wildman–Crippen MR) is 143 cm³/mol. The summed E-state index contributed by atoms with van der Waals surface area (Å²) < 4.78 is 12.4. The Morgan fingerprint density at radius 2 is 1.88 bits per heavy atom. The highest BCUT2D eigenvalue weighted by atomic mass is 127. The van der Waals surface area contributed by atoms with Crippen LogP contribution in [0.4, 0.5) is 10.5 Å². The van der Waals surface area contributed by atoms with Crippen molar-refractivity contribution in [2.24, 2.45) is 0 Å². The van der Waals surface area contributed by atoms with Crippen LogP contribution in [0.5, 0.6) is 11.5 Å². The summed E-state index contributed by atoms with van der Waals surface area (Å²) in [5.41, 5.74) is 3.49. The zero-order valence-electron chi connectivity index (χ0n) is 19.6. The van der Waals surface area contributed by atoms with Crippen LogP contribution in [0.1, 0.15) is 37.0 Å². The Morgan fingerprint density at radius 3 is 2.56 bits per heavy atom. The third-order valence-corrected chi connectivity index (χ3v) is 6.75. The van der Waals surface area contributed by atoms with E-state index in [0.29, 0.717) is 36.0 Å². The fourth-order valence-electron chi connectivity index (χ4n) is 3.23. The van der Waals surface area contributed by atoms with Gasteiger partial charge < -0.3 is 14.8 Å². The van der Waals surface area contributed by atoms with Gasteiger partial charge in [0.1, 0.15) is 6.54 Å². The maximum absolute atomic E-state index is 12.9. The van der Waals surface area contributed by atoms with E-state index in [2.05, 4.69) is 27.9 Å². The first-order valence-corrected chi connectivity index (χ1v) is 12.8. The molecule has 0 spiro atoms. The molecule has 7 nitrogen and oxygen atoms in total. The van der Waals surface area contributed by atoms with Crippen molar-refractivity contribution in [3.05, 3.63) is 55.5 Å². The van der Waals surface area contributed by atoms with Crippen LogP contribution in [-0.2, 0) is 9.59 Å². The summed E-state index contributed by atoms with van der Waals surface area (Å²) in [5.74, 6) is 0.320. The van der Waals surface area contributed by atoms with E-state index in [1.165, 1.54) is 0 Å². The molecule has 34 heavy (non-hydrogen) atoms. The first kappa shape index (κ1) is 26.1. The molecule has 2 aromatic rings. The van der Waals surface area contributed by atoms with Crippen molar-refractivity contribution in [1.29, 1.82) is 0 Å². The number of nitrogens with zero attached hydrogens (tertiary/aromatic N) is 1. The largest absolute Gasteiger partial charge is 0.490 e. The fraction of sp³-hybridized carbons (Fsp3) is 0.320. The van der Waals surface area contributed by atoms with Crippen LogP contribution >= 0.6 is 34.4 Å². The monoisotopic (exact) mass is 594 g/mol. The van der Waals surface area contributed by atoms with Gasteiger partial charge in [-0.05, 0) is 109 Å². The van der Waals surface area contributed by atoms with Crippen molar-refractivity contribution in [1.82, 2.24) is 4.90 Å². The van der Waals surface area contributed by atoms with Gasteiger partial charge in [-0.3, -0.25) is 19.3 Å². The standard InChI is InChI=1S/C25H27IN2O5S/c1-5-9-33-23-19(26)11-17(12-20(23)32-6-2)13-21-24(30)28(25(31)34-21)14-22(29)27-18-8-7-15(3)16(4)10-18/h7-8,10-13H,5-6,9,14H2,1-4H3,(H,27,29)/b21-13-. The number of imide groups is 1. The van der Waals surface area contributed by atoms with Crippen molar-refractivity contribution in [2.45, 2.75) is 34.1 Å². The van der Waals surface area contributed by atoms with Gasteiger partial charge in [0.2, 0.25) is 5.91 Å². The SMILES string of the molecule is CCCOc1c(I)cc(/C=C2\SC(=O)N(CC(=O)Nc3ccc(C)c(C)c3)C2=O)cc1OCC. The second kappa shape index (κ2) is 11.7. The molecule has 1 aliphatic heterocycles. The lowest BCUT2D eigenvalue weighted by molar-refractivity contribution is -0.127. The van der Waals surface area contributed by atoms with Gasteiger partial charge in [0.15, 0.2) is 11.5 Å². The number of ether oxygens (including phenoxy) is 2. The Kier molecular flexibility index (Phi) is 9.01. The minimum Gasteiger partial charge on any atom is -0.490 e. The highest BCUT2D eigenvalue weighted by Crippen LogP contribution is 2.37. The summed E-state index contributed by atoms with van der Waals surface area (Å²) in [5, 5.41) is 2.27. The number of nitrogens with one attached hydrogen (secondary N) is 1. The number of amides is 3. The Balaban J connectivity index is 1.76. The van der Waals surface area contributed by atoms with Gasteiger partial charge in [0, 0.05) is 5.69 Å². The molecule has 180 valence electrons. The van der Waals surface area contributed by atoms with Crippen molar-refractivity contribution in [2.75, 3.05) is 25.1 Å². The molecule has 0 aliphatic carbocycles. The Morgan fingerprint density at radius 1 is 1.12 bits per heavy atom. The number of thioether (sulfide) groups is 1. The Labute approximate surface area is 217 Å². The number of rotatable bonds is 9. The molecule has 2 aromatic carbocycles. The molecule has 1 heterocycles. The number of carbonyl (C=O) groups excluding carboxylic acids is 3. The van der Waals surface area contributed by atoms with Crippen molar-refractivity contribution < 1.29 is 23.9 Å². The minimum absolute atomic E-state index is 0.254. The Hall–Kier alpha value is -2.53. The van der Waals surface area contributed by atoms with Gasteiger partial charge in [-0.25, -0.2) is 0 Å². The molecule has 0 atom stereocenters. The summed E-state index contributed by atoms with van der Waals surface area (Å²) in [6.45, 7) is 8.54. The highest BCUT2D eigenvalue weighted by Gasteiger charge is 2.36. The molecule has 0 radical (unpaired) electrons. The topological polar surface area (TPSA) is 84.9 Å². The molecule has 9 heteroatoms. The highest BCUT2D eigenvalue weighted by molar-refractivity contribution is 14.1. The molecule has 0 bridgehead atoms. The normalized spacial score (nSPS) is 14.6. The maximum atomic E-state index is 12.9. The van der Waals surface area contributed by atoms with E-state index in [0.717, 1.165) is 37.8 Å². The summed E-state index contributed by atoms with van der Waals surface area (Å²) in [6, 6.07) is 9.21. The van der Waals surface area contributed by atoms with Crippen LogP contribution < -0.4 is 14.8 Å². The average molecular weight is 594 g/mol. The molecule has 1 aliphatic rings. The molecule has 1 saturated heterocycles. The molecule has 1 N–H and O–H groups in total. The summed E-state index contributed by atoms with van der Waals surface area (Å²) in [6.07, 6.45) is 2.51. The van der Waals surface area contributed by atoms with E-state index in [1.807, 2.05) is 45.9 Å². The lowest BCUT2D eigenvalue weighted by Crippen LogP contribution is -2.36. The summed E-state index contributed by atoms with van der Waals surface area (Å²) in [7, 11) is 0. The molecular weight excluding hydrogens is 567 g/mol. The van der Waals surface area contributed by atoms with Gasteiger partial charge >= 0.3 is 0 Å². The number of benzene rings is 2. The first-order valence-electron chi connectivity index (χ1n) is 10.9. The Bertz CT molecular complexity index is 1150. The van der Waals surface area contributed by atoms with Gasteiger partial charge in [0.05, 0.1) is 21.7 Å². The second-order valence-corrected chi connectivity index (χ2v) is 9.88. The first-order chi connectivity index (χ1) is 16.2. The minimum atomic E-state index is -0.496. The number of aryl methyl sites for hydroxylation is 2. The van der Waals surface area contributed by atoms with E-state index in [4.69, 9.17) is 9.47 Å². The third kappa shape index (κ3) is 6.32. The molecule has 0 saturated carbocycles. The van der Waals surface area contributed by atoms with Gasteiger partial charge in [-0.2, -0.15) is 0 Å². The zero-order valence-corrected chi connectivity index (χ0v) is 22.5. The van der Waals surface area contributed by atoms with Crippen LogP contribution in [0.3, 0.4) is 0 Å². The van der Waals surface area contributed by atoms with E-state index >= 15 is 0 Å². The lowest BCUT2D eigenvalue weighted by atomic mass is 10.1. The van der Waals surface area contributed by atoms with Crippen LogP contribution in [0.15, 0.2) is 35.2 Å². The van der Waals surface area contributed by atoms with Crippen LogP contribution in [0.2, 0.25) is 0 Å². The molecule has 3 amide bonds. The van der Waals surface area contributed by atoms with Crippen LogP contribution in [-0.4, -0.2) is 41.7 Å². The van der Waals surface area contributed by atoms with Gasteiger partial charge in [0.25, 0.3) is 11.1 Å². The van der Waals surface area contributed by atoms with E-state index in [9.17, 15) is 14.4 Å². The molecule has 3 rings (SSSR count). The summed E-state index contributed by atoms with van der Waals surface area (Å²) >= 11 is 2.98. The van der Waals surface area contributed by atoms with E-state index in [-0.39, 0.29) is 11.4 Å². The van der Waals surface area contributed by atoms with Crippen molar-refractivity contribution in [3.63, 3.8) is 0 Å². The number of carbonyl (C=O) groups is 3. The van der Waals surface area contributed by atoms with Crippen molar-refractivity contribution >= 4 is 63.2 Å². The van der Waals surface area contributed by atoms with Gasteiger partial charge in [-0.15, -0.1) is 0 Å². The predicted octanol–water partition coefficient (Wildman–Crippen LogP) is 5.77. The molecule has 0 unspecified atom stereocenters. The number of hydrogen-bond acceptors (Lipinski definition) is 6. The quantitative estimate of drug-likeness (QED) is 0.293. The molecule has 0 aromatic heterocycles. The molecule has 1 fully saturated rings. The smallest absolute Gasteiger partial charge is 0.294 e. The lowest BCUT2D eigenvalue weighted by Gasteiger charge is -2.14. The second-order valence-electron chi connectivity index (χ2n) is 7.73. The van der Waals surface area contributed by atoms with Crippen LogP contribution in [0.25, 0.3) is 6.08 Å². The zero-order chi connectivity index (χ0) is 24.8. The molecular formula is C25H27IN2O5S. The summed E-state index contributed by atoms with van der Waals surface area (Å²) in [4.78, 5) is 39.1. The maximum Gasteiger partial charge on any atom is 0.294 e. The van der Waals surface area contributed by atoms with Crippen molar-refractivity contribution in [3.8, 4) is 11.5 Å². The van der Waals surface area contributed by atoms with E-state index < -0.39 is 17.1 Å². The fourth-order valence-corrected chi connectivity index (χ4v) is 4.85. The number of halogens is 1. The van der Waals surface area contributed by atoms with Gasteiger partial charge in [-0.1, -0.05) is 13.0 Å². The average Bonchev–Trinajstić information content (AvgIpc) is 3.03. The third-order valence-electron chi connectivity index (χ3n) is 5.05.